The molecule has 24 heavy (non-hydrogen) atoms. The molecule has 2 amide bonds. The normalized spacial score (nSPS) is 20.0. The average molecular weight is 354 g/mol. The fourth-order valence-electron chi connectivity index (χ4n) is 2.91. The molecule has 1 fully saturated rings. The number of ether oxygens (including phenoxy) is 1. The fraction of sp³-hybridized carbons (Fsp3) is 0.529. The molecule has 1 aromatic carbocycles. The highest BCUT2D eigenvalue weighted by atomic mass is 35.5. The van der Waals surface area contributed by atoms with Gasteiger partial charge in [0.15, 0.2) is 0 Å². The molecule has 0 radical (unpaired) electrons. The Morgan fingerprint density at radius 3 is 2.79 bits per heavy atom. The van der Waals surface area contributed by atoms with E-state index in [1.807, 2.05) is 0 Å². The van der Waals surface area contributed by atoms with Crippen molar-refractivity contribution in [2.75, 3.05) is 25.6 Å². The van der Waals surface area contributed by atoms with Gasteiger partial charge in [-0.3, -0.25) is 9.59 Å². The minimum atomic E-state index is -0.271. The summed E-state index contributed by atoms with van der Waals surface area (Å²) in [7, 11) is 1.56. The van der Waals surface area contributed by atoms with E-state index in [0.29, 0.717) is 35.8 Å². The highest BCUT2D eigenvalue weighted by Crippen LogP contribution is 2.27. The lowest BCUT2D eigenvalue weighted by atomic mass is 10.00. The van der Waals surface area contributed by atoms with Crippen LogP contribution in [-0.2, 0) is 9.53 Å². The summed E-state index contributed by atoms with van der Waals surface area (Å²) in [6.07, 6.45) is 3.47. The summed E-state index contributed by atoms with van der Waals surface area (Å²) >= 11 is 6.15. The lowest BCUT2D eigenvalue weighted by Crippen LogP contribution is -2.28. The number of nitrogens with two attached hydrogens (primary N) is 1. The summed E-state index contributed by atoms with van der Waals surface area (Å²) in [5.74, 6) is -0.108. The zero-order chi connectivity index (χ0) is 17.5. The minimum Gasteiger partial charge on any atom is -0.383 e. The summed E-state index contributed by atoms with van der Waals surface area (Å²) in [6, 6.07) is 4.96. The van der Waals surface area contributed by atoms with Crippen molar-refractivity contribution in [3.8, 4) is 0 Å². The van der Waals surface area contributed by atoms with Gasteiger partial charge in [-0.1, -0.05) is 18.0 Å². The summed E-state index contributed by atoms with van der Waals surface area (Å²) in [5.41, 5.74) is 6.93. The van der Waals surface area contributed by atoms with Crippen LogP contribution in [0.3, 0.4) is 0 Å². The van der Waals surface area contributed by atoms with Crippen molar-refractivity contribution >= 4 is 29.1 Å². The van der Waals surface area contributed by atoms with Crippen molar-refractivity contribution in [1.29, 1.82) is 0 Å². The molecular formula is C17H24ClN3O3. The van der Waals surface area contributed by atoms with Crippen LogP contribution in [-0.4, -0.2) is 38.1 Å². The van der Waals surface area contributed by atoms with E-state index in [1.165, 1.54) is 0 Å². The van der Waals surface area contributed by atoms with Gasteiger partial charge in [0.25, 0.3) is 5.91 Å². The van der Waals surface area contributed by atoms with E-state index in [1.54, 1.807) is 25.3 Å². The highest BCUT2D eigenvalue weighted by molar-refractivity contribution is 6.34. The van der Waals surface area contributed by atoms with Crippen LogP contribution in [0.4, 0.5) is 5.69 Å². The van der Waals surface area contributed by atoms with Gasteiger partial charge in [0, 0.05) is 31.8 Å². The van der Waals surface area contributed by atoms with Crippen molar-refractivity contribution < 1.29 is 14.3 Å². The lowest BCUT2D eigenvalue weighted by molar-refractivity contribution is -0.117. The molecule has 2 atom stereocenters. The van der Waals surface area contributed by atoms with E-state index in [9.17, 15) is 9.59 Å². The molecule has 1 aliphatic carbocycles. The second-order valence-corrected chi connectivity index (χ2v) is 6.46. The predicted octanol–water partition coefficient (Wildman–Crippen LogP) is 2.17. The summed E-state index contributed by atoms with van der Waals surface area (Å²) < 4.78 is 4.88. The molecule has 0 unspecified atom stereocenters. The molecule has 132 valence electrons. The standard InChI is InChI=1S/C17H24ClN3O3/c1-24-8-7-20-17(23)13-6-5-12(10-14(13)18)21-16(22)9-11-3-2-4-15(11)19/h5-6,10-11,15H,2-4,7-9,19H2,1H3,(H,20,23)(H,21,22)/t11-,15+/m0/s1. The smallest absolute Gasteiger partial charge is 0.252 e. The Kier molecular flexibility index (Phi) is 7.02. The van der Waals surface area contributed by atoms with Crippen molar-refractivity contribution in [1.82, 2.24) is 5.32 Å². The molecular weight excluding hydrogens is 330 g/mol. The largest absolute Gasteiger partial charge is 0.383 e. The van der Waals surface area contributed by atoms with Crippen molar-refractivity contribution in [2.45, 2.75) is 31.7 Å². The van der Waals surface area contributed by atoms with Crippen LogP contribution < -0.4 is 16.4 Å². The molecule has 1 saturated carbocycles. The van der Waals surface area contributed by atoms with Crippen LogP contribution in [0.25, 0.3) is 0 Å². The number of benzene rings is 1. The number of hydrogen-bond donors (Lipinski definition) is 3. The maximum atomic E-state index is 12.1. The Balaban J connectivity index is 1.91. The van der Waals surface area contributed by atoms with Gasteiger partial charge in [-0.15, -0.1) is 0 Å². The second kappa shape index (κ2) is 9.01. The van der Waals surface area contributed by atoms with E-state index in [2.05, 4.69) is 10.6 Å². The van der Waals surface area contributed by atoms with Crippen LogP contribution in [0.5, 0.6) is 0 Å². The SMILES string of the molecule is COCCNC(=O)c1ccc(NC(=O)C[C@@H]2CCC[C@H]2N)cc1Cl. The quantitative estimate of drug-likeness (QED) is 0.655. The molecule has 0 heterocycles. The Labute approximate surface area is 147 Å². The molecule has 0 saturated heterocycles. The van der Waals surface area contributed by atoms with Crippen LogP contribution >= 0.6 is 11.6 Å². The van der Waals surface area contributed by atoms with E-state index in [0.717, 1.165) is 19.3 Å². The number of hydrogen-bond acceptors (Lipinski definition) is 4. The van der Waals surface area contributed by atoms with Gasteiger partial charge in [0.2, 0.25) is 5.91 Å². The molecule has 0 aromatic heterocycles. The van der Waals surface area contributed by atoms with Gasteiger partial charge < -0.3 is 21.1 Å². The Bertz CT molecular complexity index is 594. The summed E-state index contributed by atoms with van der Waals surface area (Å²) in [5, 5.41) is 5.81. The number of amides is 2. The summed E-state index contributed by atoms with van der Waals surface area (Å²) in [4.78, 5) is 24.1. The van der Waals surface area contributed by atoms with Crippen LogP contribution in [0.1, 0.15) is 36.0 Å². The fourth-order valence-corrected chi connectivity index (χ4v) is 3.17. The van der Waals surface area contributed by atoms with Gasteiger partial charge in [0.05, 0.1) is 17.2 Å². The van der Waals surface area contributed by atoms with Crippen LogP contribution in [0.2, 0.25) is 5.02 Å². The monoisotopic (exact) mass is 353 g/mol. The first-order valence-electron chi connectivity index (χ1n) is 8.13. The average Bonchev–Trinajstić information content (AvgIpc) is 2.92. The third kappa shape index (κ3) is 5.19. The zero-order valence-corrected chi connectivity index (χ0v) is 14.6. The predicted molar refractivity (Wildman–Crippen MR) is 94.2 cm³/mol. The molecule has 2 rings (SSSR count). The van der Waals surface area contributed by atoms with Crippen molar-refractivity contribution in [3.05, 3.63) is 28.8 Å². The van der Waals surface area contributed by atoms with Gasteiger partial charge in [-0.25, -0.2) is 0 Å². The van der Waals surface area contributed by atoms with Crippen LogP contribution in [0, 0.1) is 5.92 Å². The first-order valence-corrected chi connectivity index (χ1v) is 8.51. The number of carbonyl (C=O) groups excluding carboxylic acids is 2. The van der Waals surface area contributed by atoms with Gasteiger partial charge >= 0.3 is 0 Å². The van der Waals surface area contributed by atoms with Gasteiger partial charge in [0.1, 0.15) is 0 Å². The van der Waals surface area contributed by atoms with E-state index < -0.39 is 0 Å². The number of carbonyl (C=O) groups is 2. The zero-order valence-electron chi connectivity index (χ0n) is 13.8. The van der Waals surface area contributed by atoms with E-state index >= 15 is 0 Å². The molecule has 1 aliphatic rings. The van der Waals surface area contributed by atoms with E-state index in [4.69, 9.17) is 22.1 Å². The third-order valence-corrected chi connectivity index (χ3v) is 4.57. The van der Waals surface area contributed by atoms with Crippen LogP contribution in [0.15, 0.2) is 18.2 Å². The molecule has 1 aromatic rings. The number of rotatable bonds is 7. The second-order valence-electron chi connectivity index (χ2n) is 6.05. The molecule has 0 bridgehead atoms. The number of nitrogens with one attached hydrogen (secondary N) is 2. The number of anilines is 1. The number of methoxy groups -OCH3 is 1. The van der Waals surface area contributed by atoms with Crippen molar-refractivity contribution in [3.63, 3.8) is 0 Å². The Hall–Kier alpha value is -1.63. The first kappa shape index (κ1) is 18.7. The summed E-state index contributed by atoms with van der Waals surface area (Å²) in [6.45, 7) is 0.840. The first-order chi connectivity index (χ1) is 11.5. The van der Waals surface area contributed by atoms with E-state index in [-0.39, 0.29) is 23.8 Å². The molecule has 4 N–H and O–H groups in total. The molecule has 6 nitrogen and oxygen atoms in total. The number of halogens is 1. The minimum absolute atomic E-state index is 0.0780. The highest BCUT2D eigenvalue weighted by Gasteiger charge is 2.26. The maximum absolute atomic E-state index is 12.1. The topological polar surface area (TPSA) is 93.5 Å². The Morgan fingerprint density at radius 2 is 2.17 bits per heavy atom. The maximum Gasteiger partial charge on any atom is 0.252 e. The lowest BCUT2D eigenvalue weighted by Gasteiger charge is -2.15. The third-order valence-electron chi connectivity index (χ3n) is 4.25. The molecule has 0 spiro atoms. The van der Waals surface area contributed by atoms with Crippen molar-refractivity contribution in [2.24, 2.45) is 11.7 Å². The molecule has 0 aliphatic heterocycles. The molecule has 7 heteroatoms. The Morgan fingerprint density at radius 1 is 1.38 bits per heavy atom. The van der Waals surface area contributed by atoms with Gasteiger partial charge in [-0.05, 0) is 37.0 Å². The van der Waals surface area contributed by atoms with Gasteiger partial charge in [-0.2, -0.15) is 0 Å².